The van der Waals surface area contributed by atoms with E-state index in [4.69, 9.17) is 18.9 Å². The number of dihydropyridines is 1. The standard InChI is InChI=1S/C23H23NO6/c1-27-17-9-5-15(6-10-17)19-13-23(21(25)29-3,22(26)30-4)14-20(24-19)16-7-11-18(28-2)12-8-16/h5-14,24H,1-4H3. The third-order valence-corrected chi connectivity index (χ3v) is 4.86. The summed E-state index contributed by atoms with van der Waals surface area (Å²) >= 11 is 0. The monoisotopic (exact) mass is 409 g/mol. The summed E-state index contributed by atoms with van der Waals surface area (Å²) in [6.45, 7) is 0. The van der Waals surface area contributed by atoms with E-state index in [-0.39, 0.29) is 0 Å². The van der Waals surface area contributed by atoms with Gasteiger partial charge in [-0.05, 0) is 71.8 Å². The number of benzene rings is 2. The molecule has 1 aliphatic rings. The molecule has 0 amide bonds. The highest BCUT2D eigenvalue weighted by Gasteiger charge is 2.47. The normalized spacial score (nSPS) is 14.5. The van der Waals surface area contributed by atoms with Crippen molar-refractivity contribution in [2.75, 3.05) is 28.4 Å². The van der Waals surface area contributed by atoms with Gasteiger partial charge in [0.05, 0.1) is 28.4 Å². The molecule has 0 spiro atoms. The third-order valence-electron chi connectivity index (χ3n) is 4.86. The molecule has 0 saturated heterocycles. The van der Waals surface area contributed by atoms with Crippen LogP contribution in [0.5, 0.6) is 11.5 Å². The molecule has 30 heavy (non-hydrogen) atoms. The summed E-state index contributed by atoms with van der Waals surface area (Å²) < 4.78 is 20.3. The van der Waals surface area contributed by atoms with Crippen molar-refractivity contribution >= 4 is 23.3 Å². The molecule has 0 atom stereocenters. The first-order valence-corrected chi connectivity index (χ1v) is 9.16. The van der Waals surface area contributed by atoms with E-state index in [0.29, 0.717) is 22.9 Å². The van der Waals surface area contributed by atoms with Gasteiger partial charge in [0.2, 0.25) is 5.41 Å². The van der Waals surface area contributed by atoms with Crippen molar-refractivity contribution in [3.05, 3.63) is 71.8 Å². The van der Waals surface area contributed by atoms with E-state index in [1.807, 2.05) is 24.3 Å². The second kappa shape index (κ2) is 8.73. The minimum atomic E-state index is -1.74. The van der Waals surface area contributed by atoms with Gasteiger partial charge in [-0.15, -0.1) is 0 Å². The Hall–Kier alpha value is -3.74. The summed E-state index contributed by atoms with van der Waals surface area (Å²) in [6.07, 6.45) is 3.03. The number of ether oxygens (including phenoxy) is 4. The van der Waals surface area contributed by atoms with Crippen LogP contribution in [0.25, 0.3) is 11.4 Å². The van der Waals surface area contributed by atoms with Crippen LogP contribution in [-0.2, 0) is 19.1 Å². The van der Waals surface area contributed by atoms with Crippen molar-refractivity contribution in [2.45, 2.75) is 0 Å². The Bertz CT molecular complexity index is 908. The average Bonchev–Trinajstić information content (AvgIpc) is 2.82. The molecule has 1 aliphatic heterocycles. The Morgan fingerprint density at radius 3 is 1.33 bits per heavy atom. The van der Waals surface area contributed by atoms with Crippen molar-refractivity contribution < 1.29 is 28.5 Å². The Kier molecular flexibility index (Phi) is 6.11. The van der Waals surface area contributed by atoms with Gasteiger partial charge in [0.25, 0.3) is 0 Å². The van der Waals surface area contributed by atoms with Crippen LogP contribution in [0.15, 0.2) is 60.7 Å². The molecule has 156 valence electrons. The van der Waals surface area contributed by atoms with Crippen LogP contribution >= 0.6 is 0 Å². The second-order valence-electron chi connectivity index (χ2n) is 6.55. The molecule has 1 N–H and O–H groups in total. The van der Waals surface area contributed by atoms with Gasteiger partial charge in [0, 0.05) is 11.4 Å². The van der Waals surface area contributed by atoms with Crippen LogP contribution < -0.4 is 14.8 Å². The van der Waals surface area contributed by atoms with Crippen LogP contribution in [0.1, 0.15) is 11.1 Å². The van der Waals surface area contributed by atoms with Crippen molar-refractivity contribution in [3.8, 4) is 11.5 Å². The number of hydrogen-bond donors (Lipinski definition) is 1. The minimum absolute atomic E-state index is 0.557. The summed E-state index contributed by atoms with van der Waals surface area (Å²) in [6, 6.07) is 14.5. The van der Waals surface area contributed by atoms with Gasteiger partial charge in [-0.1, -0.05) is 0 Å². The van der Waals surface area contributed by atoms with E-state index in [0.717, 1.165) is 11.1 Å². The fourth-order valence-corrected chi connectivity index (χ4v) is 3.22. The molecular weight excluding hydrogens is 386 g/mol. The van der Waals surface area contributed by atoms with Gasteiger partial charge in [-0.25, -0.2) is 0 Å². The lowest BCUT2D eigenvalue weighted by atomic mass is 9.81. The molecule has 7 nitrogen and oxygen atoms in total. The molecule has 0 aliphatic carbocycles. The van der Waals surface area contributed by atoms with Gasteiger partial charge >= 0.3 is 11.9 Å². The molecule has 1 heterocycles. The first-order chi connectivity index (χ1) is 14.5. The van der Waals surface area contributed by atoms with Gasteiger partial charge in [0.15, 0.2) is 0 Å². The molecular formula is C23H23NO6. The summed E-state index contributed by atoms with van der Waals surface area (Å²) in [7, 11) is 5.63. The van der Waals surface area contributed by atoms with Crippen molar-refractivity contribution in [3.63, 3.8) is 0 Å². The molecule has 0 bridgehead atoms. The van der Waals surface area contributed by atoms with Crippen LogP contribution in [0, 0.1) is 5.41 Å². The van der Waals surface area contributed by atoms with E-state index in [1.54, 1.807) is 38.5 Å². The van der Waals surface area contributed by atoms with E-state index < -0.39 is 17.4 Å². The zero-order chi connectivity index (χ0) is 21.7. The maximum atomic E-state index is 12.8. The van der Waals surface area contributed by atoms with E-state index in [2.05, 4.69) is 5.32 Å². The lowest BCUT2D eigenvalue weighted by molar-refractivity contribution is -0.161. The van der Waals surface area contributed by atoms with Gasteiger partial charge in [-0.3, -0.25) is 9.59 Å². The highest BCUT2D eigenvalue weighted by Crippen LogP contribution is 2.37. The fraction of sp³-hybridized carbons (Fsp3) is 0.217. The summed E-state index contributed by atoms with van der Waals surface area (Å²) in [5.74, 6) is -0.109. The molecule has 2 aromatic carbocycles. The summed E-state index contributed by atoms with van der Waals surface area (Å²) in [5.41, 5.74) is 0.891. The first-order valence-electron chi connectivity index (χ1n) is 9.16. The van der Waals surface area contributed by atoms with E-state index >= 15 is 0 Å². The quantitative estimate of drug-likeness (QED) is 0.580. The van der Waals surface area contributed by atoms with Gasteiger partial charge in [0.1, 0.15) is 11.5 Å². The van der Waals surface area contributed by atoms with Crippen molar-refractivity contribution in [1.82, 2.24) is 5.32 Å². The second-order valence-corrected chi connectivity index (χ2v) is 6.55. The molecule has 0 radical (unpaired) electrons. The van der Waals surface area contributed by atoms with E-state index in [9.17, 15) is 9.59 Å². The Balaban J connectivity index is 2.16. The number of methoxy groups -OCH3 is 4. The van der Waals surface area contributed by atoms with Gasteiger partial charge in [-0.2, -0.15) is 0 Å². The minimum Gasteiger partial charge on any atom is -0.497 e. The van der Waals surface area contributed by atoms with Crippen molar-refractivity contribution in [2.24, 2.45) is 5.41 Å². The number of hydrogen-bond acceptors (Lipinski definition) is 7. The zero-order valence-corrected chi connectivity index (χ0v) is 17.2. The lowest BCUT2D eigenvalue weighted by Gasteiger charge is -2.30. The Morgan fingerprint density at radius 1 is 0.667 bits per heavy atom. The summed E-state index contributed by atoms with van der Waals surface area (Å²) in [5, 5.41) is 3.30. The number of nitrogens with one attached hydrogen (secondary N) is 1. The topological polar surface area (TPSA) is 83.1 Å². The number of esters is 2. The maximum Gasteiger partial charge on any atom is 0.331 e. The highest BCUT2D eigenvalue weighted by atomic mass is 16.5. The van der Waals surface area contributed by atoms with Gasteiger partial charge < -0.3 is 24.3 Å². The maximum absolute atomic E-state index is 12.8. The average molecular weight is 409 g/mol. The van der Waals surface area contributed by atoms with Crippen molar-refractivity contribution in [1.29, 1.82) is 0 Å². The van der Waals surface area contributed by atoms with Crippen LogP contribution in [-0.4, -0.2) is 40.4 Å². The molecule has 0 aromatic heterocycles. The fourth-order valence-electron chi connectivity index (χ4n) is 3.22. The first kappa shape index (κ1) is 21.0. The van der Waals surface area contributed by atoms with Crippen LogP contribution in [0.2, 0.25) is 0 Å². The van der Waals surface area contributed by atoms with Crippen LogP contribution in [0.3, 0.4) is 0 Å². The summed E-state index contributed by atoms with van der Waals surface area (Å²) in [4.78, 5) is 25.5. The number of carbonyl (C=O) groups excluding carboxylic acids is 2. The largest absolute Gasteiger partial charge is 0.497 e. The molecule has 0 unspecified atom stereocenters. The highest BCUT2D eigenvalue weighted by molar-refractivity contribution is 6.08. The predicted octanol–water partition coefficient (Wildman–Crippen LogP) is 3.02. The Labute approximate surface area is 174 Å². The SMILES string of the molecule is COC(=O)C1(C(=O)OC)C=C(c2ccc(OC)cc2)NC(c2ccc(OC)cc2)=C1. The zero-order valence-electron chi connectivity index (χ0n) is 17.2. The predicted molar refractivity (Wildman–Crippen MR) is 112 cm³/mol. The smallest absolute Gasteiger partial charge is 0.331 e. The van der Waals surface area contributed by atoms with E-state index in [1.165, 1.54) is 26.4 Å². The third kappa shape index (κ3) is 3.87. The number of carbonyl (C=O) groups is 2. The number of rotatable bonds is 6. The lowest BCUT2D eigenvalue weighted by Crippen LogP contribution is -2.41. The Morgan fingerprint density at radius 2 is 1.03 bits per heavy atom. The van der Waals surface area contributed by atoms with Crippen LogP contribution in [0.4, 0.5) is 0 Å². The molecule has 2 aromatic rings. The molecule has 3 rings (SSSR count). The molecule has 0 saturated carbocycles. The molecule has 7 heteroatoms. The molecule has 0 fully saturated rings.